The van der Waals surface area contributed by atoms with Gasteiger partial charge in [-0.25, -0.2) is 0 Å². The van der Waals surface area contributed by atoms with Crippen LogP contribution in [0.2, 0.25) is 0 Å². The standard InChI is InChI=1S/C12H13F3O3/c1-7-10(12(13,14)15)18-11(17-7)8-3-5-9(16-2)6-4-8/h3-7,10-11H,1-2H3/t7-,10-,11-/m0/s1. The molecule has 1 fully saturated rings. The van der Waals surface area contributed by atoms with Crippen LogP contribution in [0.25, 0.3) is 0 Å². The smallest absolute Gasteiger partial charge is 0.417 e. The number of ether oxygens (including phenoxy) is 3. The van der Waals surface area contributed by atoms with Crippen LogP contribution in [-0.2, 0) is 9.47 Å². The van der Waals surface area contributed by atoms with Gasteiger partial charge in [-0.3, -0.25) is 0 Å². The second-order valence-corrected chi connectivity index (χ2v) is 4.04. The molecule has 1 aromatic carbocycles. The second-order valence-electron chi connectivity index (χ2n) is 4.04. The Balaban J connectivity index is 2.11. The fourth-order valence-corrected chi connectivity index (χ4v) is 1.80. The summed E-state index contributed by atoms with van der Waals surface area (Å²) in [5, 5.41) is 0. The van der Waals surface area contributed by atoms with Gasteiger partial charge in [0.15, 0.2) is 12.4 Å². The van der Waals surface area contributed by atoms with Gasteiger partial charge < -0.3 is 14.2 Å². The van der Waals surface area contributed by atoms with Crippen molar-refractivity contribution in [3.8, 4) is 5.75 Å². The highest BCUT2D eigenvalue weighted by Crippen LogP contribution is 2.39. The summed E-state index contributed by atoms with van der Waals surface area (Å²) in [6, 6.07) is 6.53. The van der Waals surface area contributed by atoms with E-state index in [4.69, 9.17) is 14.2 Å². The van der Waals surface area contributed by atoms with Crippen molar-refractivity contribution in [1.29, 1.82) is 0 Å². The third-order valence-corrected chi connectivity index (χ3v) is 2.75. The molecule has 1 heterocycles. The third kappa shape index (κ3) is 2.59. The quantitative estimate of drug-likeness (QED) is 0.819. The monoisotopic (exact) mass is 262 g/mol. The Kier molecular flexibility index (Phi) is 3.49. The van der Waals surface area contributed by atoms with Gasteiger partial charge in [-0.1, -0.05) is 12.1 Å². The minimum atomic E-state index is -4.42. The van der Waals surface area contributed by atoms with Gasteiger partial charge in [0.25, 0.3) is 0 Å². The first-order valence-electron chi connectivity index (χ1n) is 5.43. The Morgan fingerprint density at radius 3 is 2.17 bits per heavy atom. The molecule has 0 spiro atoms. The van der Waals surface area contributed by atoms with E-state index in [0.29, 0.717) is 11.3 Å². The molecule has 3 nitrogen and oxygen atoms in total. The topological polar surface area (TPSA) is 27.7 Å². The van der Waals surface area contributed by atoms with Crippen molar-refractivity contribution >= 4 is 0 Å². The molecule has 3 atom stereocenters. The van der Waals surface area contributed by atoms with Crippen LogP contribution in [-0.4, -0.2) is 25.5 Å². The zero-order valence-electron chi connectivity index (χ0n) is 9.90. The molecule has 18 heavy (non-hydrogen) atoms. The van der Waals surface area contributed by atoms with Crippen molar-refractivity contribution in [2.24, 2.45) is 0 Å². The molecule has 1 aliphatic heterocycles. The Labute approximate surface area is 102 Å². The summed E-state index contributed by atoms with van der Waals surface area (Å²) in [6.07, 6.45) is -8.31. The van der Waals surface area contributed by atoms with Crippen molar-refractivity contribution in [3.63, 3.8) is 0 Å². The van der Waals surface area contributed by atoms with Crippen LogP contribution in [0.15, 0.2) is 24.3 Å². The van der Waals surface area contributed by atoms with E-state index in [0.717, 1.165) is 0 Å². The van der Waals surface area contributed by atoms with Gasteiger partial charge in [-0.05, 0) is 19.1 Å². The summed E-state index contributed by atoms with van der Waals surface area (Å²) in [7, 11) is 1.51. The molecule has 0 N–H and O–H groups in total. The first kappa shape index (κ1) is 13.2. The van der Waals surface area contributed by atoms with Gasteiger partial charge in [0.05, 0.1) is 13.2 Å². The second kappa shape index (κ2) is 4.78. The number of benzene rings is 1. The molecule has 1 saturated heterocycles. The van der Waals surface area contributed by atoms with E-state index in [2.05, 4.69) is 0 Å². The van der Waals surface area contributed by atoms with E-state index < -0.39 is 24.7 Å². The number of methoxy groups -OCH3 is 1. The number of alkyl halides is 3. The first-order valence-corrected chi connectivity index (χ1v) is 5.43. The number of hydrogen-bond donors (Lipinski definition) is 0. The lowest BCUT2D eigenvalue weighted by atomic mass is 10.2. The first-order chi connectivity index (χ1) is 8.41. The number of rotatable bonds is 2. The van der Waals surface area contributed by atoms with Crippen molar-refractivity contribution < 1.29 is 27.4 Å². The molecule has 100 valence electrons. The largest absolute Gasteiger partial charge is 0.497 e. The lowest BCUT2D eigenvalue weighted by molar-refractivity contribution is -0.218. The van der Waals surface area contributed by atoms with Crippen molar-refractivity contribution in [3.05, 3.63) is 29.8 Å². The zero-order valence-corrected chi connectivity index (χ0v) is 9.90. The van der Waals surface area contributed by atoms with Crippen LogP contribution in [0.1, 0.15) is 18.8 Å². The van der Waals surface area contributed by atoms with Crippen molar-refractivity contribution in [2.75, 3.05) is 7.11 Å². The Hall–Kier alpha value is -1.27. The summed E-state index contributed by atoms with van der Waals surface area (Å²) in [5.41, 5.74) is 0.536. The predicted molar refractivity (Wildman–Crippen MR) is 57.2 cm³/mol. The summed E-state index contributed by atoms with van der Waals surface area (Å²) in [6.45, 7) is 1.35. The third-order valence-electron chi connectivity index (χ3n) is 2.75. The molecule has 2 rings (SSSR count). The normalized spacial score (nSPS) is 28.4. The lowest BCUT2D eigenvalue weighted by Crippen LogP contribution is -2.35. The summed E-state index contributed by atoms with van der Waals surface area (Å²) in [4.78, 5) is 0. The van der Waals surface area contributed by atoms with Crippen LogP contribution in [0.5, 0.6) is 5.75 Å². The lowest BCUT2D eigenvalue weighted by Gasteiger charge is -2.16. The van der Waals surface area contributed by atoms with Gasteiger partial charge in [-0.2, -0.15) is 13.2 Å². The van der Waals surface area contributed by atoms with Crippen molar-refractivity contribution in [1.82, 2.24) is 0 Å². The van der Waals surface area contributed by atoms with Crippen LogP contribution in [0, 0.1) is 0 Å². The molecule has 0 unspecified atom stereocenters. The number of halogens is 3. The van der Waals surface area contributed by atoms with E-state index in [-0.39, 0.29) is 0 Å². The van der Waals surface area contributed by atoms with Gasteiger partial charge in [0, 0.05) is 5.56 Å². The van der Waals surface area contributed by atoms with Gasteiger partial charge in [0.1, 0.15) is 5.75 Å². The van der Waals surface area contributed by atoms with E-state index in [1.807, 2.05) is 0 Å². The molecule has 0 bridgehead atoms. The molecule has 0 amide bonds. The van der Waals surface area contributed by atoms with E-state index in [9.17, 15) is 13.2 Å². The molecule has 0 saturated carbocycles. The highest BCUT2D eigenvalue weighted by atomic mass is 19.4. The van der Waals surface area contributed by atoms with Crippen LogP contribution in [0.3, 0.4) is 0 Å². The van der Waals surface area contributed by atoms with Crippen LogP contribution < -0.4 is 4.74 Å². The van der Waals surface area contributed by atoms with E-state index >= 15 is 0 Å². The average Bonchev–Trinajstić information content (AvgIpc) is 2.71. The molecule has 6 heteroatoms. The van der Waals surface area contributed by atoms with E-state index in [1.54, 1.807) is 24.3 Å². The van der Waals surface area contributed by atoms with Gasteiger partial charge >= 0.3 is 6.18 Å². The Morgan fingerprint density at radius 1 is 1.11 bits per heavy atom. The minimum Gasteiger partial charge on any atom is -0.497 e. The minimum absolute atomic E-state index is 0.536. The van der Waals surface area contributed by atoms with Crippen LogP contribution in [0.4, 0.5) is 13.2 Å². The highest BCUT2D eigenvalue weighted by Gasteiger charge is 2.51. The number of hydrogen-bond acceptors (Lipinski definition) is 3. The maximum Gasteiger partial charge on any atom is 0.417 e. The fraction of sp³-hybridized carbons (Fsp3) is 0.500. The van der Waals surface area contributed by atoms with Crippen molar-refractivity contribution in [2.45, 2.75) is 31.6 Å². The molecule has 0 aromatic heterocycles. The summed E-state index contributed by atoms with van der Waals surface area (Å²) >= 11 is 0. The van der Waals surface area contributed by atoms with Gasteiger partial charge in [-0.15, -0.1) is 0 Å². The molecular weight excluding hydrogens is 249 g/mol. The SMILES string of the molecule is COc1ccc([C@H]2O[C@@H](C)[C@@H](C(F)(F)F)O2)cc1. The zero-order chi connectivity index (χ0) is 13.3. The average molecular weight is 262 g/mol. The molecular formula is C12H13F3O3. The molecule has 0 aliphatic carbocycles. The maximum atomic E-state index is 12.6. The highest BCUT2D eigenvalue weighted by molar-refractivity contribution is 5.28. The van der Waals surface area contributed by atoms with E-state index in [1.165, 1.54) is 14.0 Å². The molecule has 1 aliphatic rings. The Morgan fingerprint density at radius 2 is 1.72 bits per heavy atom. The summed E-state index contributed by atoms with van der Waals surface area (Å²) in [5.74, 6) is 0.622. The molecule has 0 radical (unpaired) electrons. The predicted octanol–water partition coefficient (Wildman–Crippen LogP) is 3.06. The maximum absolute atomic E-state index is 12.6. The van der Waals surface area contributed by atoms with Crippen LogP contribution >= 0.6 is 0 Å². The Bertz CT molecular complexity index is 402. The summed E-state index contributed by atoms with van der Waals surface area (Å²) < 4.78 is 52.8. The fourth-order valence-electron chi connectivity index (χ4n) is 1.80. The molecule has 1 aromatic rings. The van der Waals surface area contributed by atoms with Gasteiger partial charge in [0.2, 0.25) is 0 Å².